The Morgan fingerprint density at radius 1 is 1.04 bits per heavy atom. The second-order valence-electron chi connectivity index (χ2n) is 8.47. The average molecular weight is 382 g/mol. The molecule has 6 nitrogen and oxygen atoms in total. The Bertz CT molecular complexity index is 792. The van der Waals surface area contributed by atoms with Crippen LogP contribution in [-0.2, 0) is 19.5 Å². The molecule has 1 saturated heterocycles. The Morgan fingerprint density at radius 2 is 1.96 bits per heavy atom. The van der Waals surface area contributed by atoms with Crippen LogP contribution >= 0.6 is 0 Å². The molecule has 0 amide bonds. The second-order valence-corrected chi connectivity index (χ2v) is 8.47. The Balaban J connectivity index is 1.22. The van der Waals surface area contributed by atoms with Crippen LogP contribution in [0.1, 0.15) is 61.8 Å². The van der Waals surface area contributed by atoms with E-state index < -0.39 is 0 Å². The van der Waals surface area contributed by atoms with Gasteiger partial charge in [0.1, 0.15) is 17.4 Å². The van der Waals surface area contributed by atoms with Crippen molar-refractivity contribution in [2.24, 2.45) is 0 Å². The molecule has 2 aliphatic heterocycles. The Kier molecular flexibility index (Phi) is 5.32. The van der Waals surface area contributed by atoms with Crippen molar-refractivity contribution in [3.05, 3.63) is 41.5 Å². The van der Waals surface area contributed by atoms with Gasteiger partial charge in [-0.15, -0.1) is 10.2 Å². The van der Waals surface area contributed by atoms with Gasteiger partial charge in [-0.3, -0.25) is 4.90 Å². The van der Waals surface area contributed by atoms with Gasteiger partial charge < -0.3 is 14.6 Å². The smallest absolute Gasteiger partial charge is 0.150 e. The lowest BCUT2D eigenvalue weighted by Crippen LogP contribution is -2.27. The summed E-state index contributed by atoms with van der Waals surface area (Å²) in [7, 11) is 0. The number of aromatic nitrogens is 3. The number of ether oxygens (including phenoxy) is 1. The van der Waals surface area contributed by atoms with Crippen LogP contribution in [0.25, 0.3) is 0 Å². The van der Waals surface area contributed by atoms with E-state index in [1.807, 2.05) is 0 Å². The van der Waals surface area contributed by atoms with Gasteiger partial charge in [0.25, 0.3) is 0 Å². The van der Waals surface area contributed by atoms with Gasteiger partial charge in [0.15, 0.2) is 0 Å². The van der Waals surface area contributed by atoms with E-state index in [0.717, 1.165) is 56.5 Å². The molecule has 5 rings (SSSR count). The lowest BCUT2D eigenvalue weighted by atomic mass is 10.2. The quantitative estimate of drug-likeness (QED) is 0.863. The van der Waals surface area contributed by atoms with Crippen molar-refractivity contribution in [1.29, 1.82) is 0 Å². The number of hydrogen-bond donors (Lipinski definition) is 1. The summed E-state index contributed by atoms with van der Waals surface area (Å²) in [6.07, 6.45) is 8.81. The second kappa shape index (κ2) is 8.21. The summed E-state index contributed by atoms with van der Waals surface area (Å²) in [6.45, 7) is 5.12. The molecule has 6 heteroatoms. The van der Waals surface area contributed by atoms with Gasteiger partial charge in [-0.2, -0.15) is 0 Å². The zero-order chi connectivity index (χ0) is 18.8. The largest absolute Gasteiger partial charge is 0.490 e. The third-order valence-electron chi connectivity index (χ3n) is 6.43. The molecule has 150 valence electrons. The molecule has 28 heavy (non-hydrogen) atoms. The molecule has 2 fully saturated rings. The van der Waals surface area contributed by atoms with Crippen LogP contribution < -0.4 is 10.1 Å². The first-order valence-electron chi connectivity index (χ1n) is 11.0. The molecule has 1 saturated carbocycles. The first-order chi connectivity index (χ1) is 13.8. The molecular formula is C22H31N5O. The number of benzene rings is 1. The highest BCUT2D eigenvalue weighted by Gasteiger charge is 2.26. The molecular weight excluding hydrogens is 350 g/mol. The van der Waals surface area contributed by atoms with Crippen molar-refractivity contribution in [3.63, 3.8) is 0 Å². The Hall–Kier alpha value is -1.92. The van der Waals surface area contributed by atoms with Crippen molar-refractivity contribution < 1.29 is 4.74 Å². The van der Waals surface area contributed by atoms with E-state index in [1.54, 1.807) is 0 Å². The molecule has 2 aromatic rings. The zero-order valence-corrected chi connectivity index (χ0v) is 16.6. The topological polar surface area (TPSA) is 55.2 Å². The maximum absolute atomic E-state index is 6.19. The fourth-order valence-corrected chi connectivity index (χ4v) is 4.88. The number of rotatable bonds is 5. The number of hydrogen-bond acceptors (Lipinski definition) is 5. The van der Waals surface area contributed by atoms with Crippen LogP contribution in [0.5, 0.6) is 5.75 Å². The summed E-state index contributed by atoms with van der Waals surface area (Å²) >= 11 is 0. The van der Waals surface area contributed by atoms with E-state index in [4.69, 9.17) is 4.74 Å². The molecule has 1 aromatic heterocycles. The van der Waals surface area contributed by atoms with Gasteiger partial charge in [-0.1, -0.05) is 12.1 Å². The molecule has 3 heterocycles. The van der Waals surface area contributed by atoms with E-state index in [0.29, 0.717) is 12.1 Å². The maximum atomic E-state index is 6.19. The third kappa shape index (κ3) is 3.94. The lowest BCUT2D eigenvalue weighted by molar-refractivity contribution is 0.209. The summed E-state index contributed by atoms with van der Waals surface area (Å²) in [5.41, 5.74) is 1.34. The van der Waals surface area contributed by atoms with Crippen LogP contribution in [0.4, 0.5) is 0 Å². The normalized spacial score (nSPS) is 23.6. The van der Waals surface area contributed by atoms with Crippen molar-refractivity contribution >= 4 is 0 Å². The molecule has 0 unspecified atom stereocenters. The van der Waals surface area contributed by atoms with Crippen molar-refractivity contribution in [1.82, 2.24) is 25.0 Å². The fourth-order valence-electron chi connectivity index (χ4n) is 4.88. The SMILES string of the molecule is c1cc(CN2CCc3nnc([C@@H]4CCCN4)n3CC2)cc(OC2CCCC2)c1. The van der Waals surface area contributed by atoms with E-state index in [-0.39, 0.29) is 0 Å². The summed E-state index contributed by atoms with van der Waals surface area (Å²) in [6, 6.07) is 9.08. The predicted molar refractivity (Wildman–Crippen MR) is 108 cm³/mol. The number of nitrogens with one attached hydrogen (secondary N) is 1. The highest BCUT2D eigenvalue weighted by molar-refractivity contribution is 5.28. The highest BCUT2D eigenvalue weighted by atomic mass is 16.5. The van der Waals surface area contributed by atoms with Gasteiger partial charge in [0.2, 0.25) is 0 Å². The molecule has 3 aliphatic rings. The molecule has 1 aromatic carbocycles. The third-order valence-corrected chi connectivity index (χ3v) is 6.43. The van der Waals surface area contributed by atoms with Gasteiger partial charge in [-0.25, -0.2) is 0 Å². The van der Waals surface area contributed by atoms with Crippen molar-refractivity contribution in [2.45, 2.75) is 70.2 Å². The Morgan fingerprint density at radius 3 is 2.82 bits per heavy atom. The van der Waals surface area contributed by atoms with E-state index in [9.17, 15) is 0 Å². The number of nitrogens with zero attached hydrogens (tertiary/aromatic N) is 4. The first-order valence-corrected chi connectivity index (χ1v) is 11.0. The van der Waals surface area contributed by atoms with Gasteiger partial charge in [0, 0.05) is 32.6 Å². The number of fused-ring (bicyclic) bond motifs is 1. The molecule has 1 N–H and O–H groups in total. The predicted octanol–water partition coefficient (Wildman–Crippen LogP) is 3.08. The van der Waals surface area contributed by atoms with Gasteiger partial charge >= 0.3 is 0 Å². The standard InChI is InChI=1S/C22H31N5O/c1-2-7-18(6-1)28-19-8-3-5-17(15-19)16-26-12-10-21-24-25-22(27(21)14-13-26)20-9-4-11-23-20/h3,5,8,15,18,20,23H,1-2,4,6-7,9-14,16H2/t20-/m0/s1. The minimum absolute atomic E-state index is 0.386. The van der Waals surface area contributed by atoms with E-state index >= 15 is 0 Å². The van der Waals surface area contributed by atoms with E-state index in [1.165, 1.54) is 44.1 Å². The Labute approximate surface area is 167 Å². The first kappa shape index (κ1) is 18.1. The van der Waals surface area contributed by atoms with Crippen molar-refractivity contribution in [2.75, 3.05) is 19.6 Å². The molecule has 0 radical (unpaired) electrons. The van der Waals surface area contributed by atoms with Gasteiger partial charge in [-0.05, 0) is 62.8 Å². The highest BCUT2D eigenvalue weighted by Crippen LogP contribution is 2.26. The molecule has 1 atom stereocenters. The van der Waals surface area contributed by atoms with E-state index in [2.05, 4.69) is 49.2 Å². The summed E-state index contributed by atoms with van der Waals surface area (Å²) in [5, 5.41) is 12.6. The van der Waals surface area contributed by atoms with Crippen LogP contribution in [0, 0.1) is 0 Å². The minimum atomic E-state index is 0.386. The minimum Gasteiger partial charge on any atom is -0.490 e. The summed E-state index contributed by atoms with van der Waals surface area (Å²) in [5.74, 6) is 3.32. The van der Waals surface area contributed by atoms with Crippen LogP contribution in [0.2, 0.25) is 0 Å². The maximum Gasteiger partial charge on any atom is 0.150 e. The molecule has 0 bridgehead atoms. The molecule has 0 spiro atoms. The molecule has 1 aliphatic carbocycles. The van der Waals surface area contributed by atoms with Crippen molar-refractivity contribution in [3.8, 4) is 5.75 Å². The van der Waals surface area contributed by atoms with Crippen LogP contribution in [0.3, 0.4) is 0 Å². The lowest BCUT2D eigenvalue weighted by Gasteiger charge is -2.21. The fraction of sp³-hybridized carbons (Fsp3) is 0.636. The zero-order valence-electron chi connectivity index (χ0n) is 16.6. The van der Waals surface area contributed by atoms with Crippen LogP contribution in [-0.4, -0.2) is 45.4 Å². The van der Waals surface area contributed by atoms with Gasteiger partial charge in [0.05, 0.1) is 12.1 Å². The summed E-state index contributed by atoms with van der Waals surface area (Å²) in [4.78, 5) is 2.54. The average Bonchev–Trinajstić information content (AvgIpc) is 3.45. The summed E-state index contributed by atoms with van der Waals surface area (Å²) < 4.78 is 8.56. The van der Waals surface area contributed by atoms with Crippen LogP contribution in [0.15, 0.2) is 24.3 Å². The monoisotopic (exact) mass is 381 g/mol.